The Labute approximate surface area is 195 Å². The number of nitrogens with one attached hydrogen (secondary N) is 1. The predicted octanol–water partition coefficient (Wildman–Crippen LogP) is 5.18. The van der Waals surface area contributed by atoms with Crippen molar-refractivity contribution < 1.29 is 13.9 Å². The number of esters is 1. The smallest absolute Gasteiger partial charge is 0.307 e. The Morgan fingerprint density at radius 2 is 2.06 bits per heavy atom. The van der Waals surface area contributed by atoms with E-state index < -0.39 is 0 Å². The Morgan fingerprint density at radius 1 is 1.23 bits per heavy atom. The maximum atomic E-state index is 11.8. The molecule has 1 aliphatic rings. The van der Waals surface area contributed by atoms with Gasteiger partial charge in [0.15, 0.2) is 5.11 Å². The van der Waals surface area contributed by atoms with E-state index >= 15 is 0 Å². The zero-order chi connectivity index (χ0) is 22.0. The van der Waals surface area contributed by atoms with Gasteiger partial charge in [-0.15, -0.1) is 0 Å². The molecule has 1 aromatic carbocycles. The molecule has 2 atom stereocenters. The Balaban J connectivity index is 1.71. The number of aromatic nitrogens is 1. The number of hydrogen-bond donors (Lipinski definition) is 1. The molecule has 0 saturated carbocycles. The summed E-state index contributed by atoms with van der Waals surface area (Å²) in [4.78, 5) is 18.2. The first kappa shape index (κ1) is 21.6. The average molecular weight is 476 g/mol. The van der Waals surface area contributed by atoms with Crippen LogP contribution in [0.2, 0.25) is 10.0 Å². The van der Waals surface area contributed by atoms with Gasteiger partial charge in [0, 0.05) is 18.3 Å². The van der Waals surface area contributed by atoms with E-state index in [1.807, 2.05) is 47.4 Å². The molecule has 1 fully saturated rings. The summed E-state index contributed by atoms with van der Waals surface area (Å²) < 4.78 is 11.0. The molecule has 6 nitrogen and oxygen atoms in total. The van der Waals surface area contributed by atoms with Crippen molar-refractivity contribution in [2.45, 2.75) is 18.5 Å². The highest BCUT2D eigenvalue weighted by atomic mass is 35.5. The van der Waals surface area contributed by atoms with Gasteiger partial charge in [0.25, 0.3) is 0 Å². The van der Waals surface area contributed by atoms with E-state index in [0.29, 0.717) is 38.8 Å². The van der Waals surface area contributed by atoms with E-state index in [4.69, 9.17) is 44.6 Å². The number of methoxy groups -OCH3 is 1. The molecule has 31 heavy (non-hydrogen) atoms. The molecule has 1 saturated heterocycles. The molecule has 4 rings (SSSR count). The number of furan rings is 1. The Bertz CT molecular complexity index is 1110. The monoisotopic (exact) mass is 475 g/mol. The molecule has 0 aliphatic carbocycles. The molecule has 9 heteroatoms. The first-order valence-electron chi connectivity index (χ1n) is 9.58. The quantitative estimate of drug-likeness (QED) is 0.388. The Morgan fingerprint density at radius 3 is 2.81 bits per heavy atom. The van der Waals surface area contributed by atoms with Gasteiger partial charge in [0.05, 0.1) is 35.3 Å². The van der Waals surface area contributed by atoms with Crippen molar-refractivity contribution in [3.63, 3.8) is 0 Å². The van der Waals surface area contributed by atoms with Gasteiger partial charge in [-0.2, -0.15) is 0 Å². The number of carbonyl (C=O) groups is 1. The largest absolute Gasteiger partial charge is 0.469 e. The van der Waals surface area contributed by atoms with Crippen LogP contribution in [0.4, 0.5) is 0 Å². The molecule has 2 aromatic heterocycles. The van der Waals surface area contributed by atoms with Gasteiger partial charge in [-0.25, -0.2) is 0 Å². The molecule has 160 valence electrons. The van der Waals surface area contributed by atoms with Crippen molar-refractivity contribution in [1.29, 1.82) is 0 Å². The number of benzene rings is 1. The van der Waals surface area contributed by atoms with Crippen molar-refractivity contribution in [3.8, 4) is 11.3 Å². The van der Waals surface area contributed by atoms with Crippen LogP contribution in [0, 0.1) is 0 Å². The molecule has 3 heterocycles. The number of ether oxygens (including phenoxy) is 1. The second-order valence-electron chi connectivity index (χ2n) is 6.95. The van der Waals surface area contributed by atoms with Crippen LogP contribution < -0.4 is 5.32 Å². The molecule has 1 N–H and O–H groups in total. The van der Waals surface area contributed by atoms with Gasteiger partial charge < -0.3 is 19.4 Å². The highest BCUT2D eigenvalue weighted by molar-refractivity contribution is 7.80. The summed E-state index contributed by atoms with van der Waals surface area (Å²) in [7, 11) is 1.37. The fraction of sp³-hybridized carbons (Fsp3) is 0.227. The van der Waals surface area contributed by atoms with Crippen molar-refractivity contribution in [3.05, 3.63) is 76.2 Å². The van der Waals surface area contributed by atoms with Crippen LogP contribution in [0.25, 0.3) is 11.3 Å². The predicted molar refractivity (Wildman–Crippen MR) is 123 cm³/mol. The average Bonchev–Trinajstić information content (AvgIpc) is 3.39. The third-order valence-corrected chi connectivity index (χ3v) is 6.29. The second-order valence-corrected chi connectivity index (χ2v) is 8.12. The lowest BCUT2D eigenvalue weighted by molar-refractivity contribution is -0.140. The summed E-state index contributed by atoms with van der Waals surface area (Å²) >= 11 is 18.1. The van der Waals surface area contributed by atoms with Gasteiger partial charge in [-0.05, 0) is 48.6 Å². The molecule has 3 aromatic rings. The van der Waals surface area contributed by atoms with Crippen LogP contribution in [0.1, 0.15) is 30.0 Å². The highest BCUT2D eigenvalue weighted by Gasteiger charge is 2.41. The minimum Gasteiger partial charge on any atom is -0.469 e. The first-order chi connectivity index (χ1) is 15.0. The van der Waals surface area contributed by atoms with Crippen LogP contribution in [0.15, 0.2) is 59.1 Å². The topological polar surface area (TPSA) is 67.6 Å². The molecule has 1 aliphatic heterocycles. The zero-order valence-electron chi connectivity index (χ0n) is 16.5. The van der Waals surface area contributed by atoms with Crippen LogP contribution in [0.3, 0.4) is 0 Å². The molecule has 0 spiro atoms. The summed E-state index contributed by atoms with van der Waals surface area (Å²) in [6.45, 7) is 0.375. The third kappa shape index (κ3) is 4.39. The van der Waals surface area contributed by atoms with Crippen molar-refractivity contribution >= 4 is 46.5 Å². The number of thiocarbonyl (C=S) groups is 1. The van der Waals surface area contributed by atoms with E-state index in [1.165, 1.54) is 7.11 Å². The Kier molecular flexibility index (Phi) is 6.46. The fourth-order valence-electron chi connectivity index (χ4n) is 3.62. The molecule has 0 unspecified atom stereocenters. The summed E-state index contributed by atoms with van der Waals surface area (Å²) in [5.41, 5.74) is 1.51. The molecule has 0 bridgehead atoms. The van der Waals surface area contributed by atoms with E-state index in [-0.39, 0.29) is 24.5 Å². The van der Waals surface area contributed by atoms with Gasteiger partial charge in [-0.3, -0.25) is 9.78 Å². The summed E-state index contributed by atoms with van der Waals surface area (Å²) in [6.07, 6.45) is 1.92. The lowest BCUT2D eigenvalue weighted by Crippen LogP contribution is -2.31. The molecule has 0 radical (unpaired) electrons. The lowest BCUT2D eigenvalue weighted by atomic mass is 10.0. The molecular formula is C22H19Cl2N3O3S. The maximum absolute atomic E-state index is 11.8. The van der Waals surface area contributed by atoms with Gasteiger partial charge in [-0.1, -0.05) is 35.3 Å². The van der Waals surface area contributed by atoms with Gasteiger partial charge >= 0.3 is 5.97 Å². The van der Waals surface area contributed by atoms with Crippen LogP contribution in [-0.4, -0.2) is 34.6 Å². The highest BCUT2D eigenvalue weighted by Crippen LogP contribution is 2.42. The molecule has 0 amide bonds. The third-order valence-electron chi connectivity index (χ3n) is 5.12. The molecular weight excluding hydrogens is 457 g/mol. The van der Waals surface area contributed by atoms with Crippen LogP contribution in [0.5, 0.6) is 0 Å². The number of pyridine rings is 1. The standard InChI is InChI=1S/C22H19Cl2N3O3S/c1-29-18(28)10-12-27-21(20(26-22(27)31)15-7-2-3-11-25-15)17-9-8-16(30-17)13-5-4-6-14(23)19(13)24/h2-9,11,20-21H,10,12H2,1H3,(H,26,31)/t20-,21+/m0/s1. The second kappa shape index (κ2) is 9.26. The van der Waals surface area contributed by atoms with E-state index in [9.17, 15) is 4.79 Å². The summed E-state index contributed by atoms with van der Waals surface area (Å²) in [5.74, 6) is 0.945. The summed E-state index contributed by atoms with van der Waals surface area (Å²) in [5, 5.41) is 4.71. The first-order valence-corrected chi connectivity index (χ1v) is 10.7. The zero-order valence-corrected chi connectivity index (χ0v) is 18.9. The summed E-state index contributed by atoms with van der Waals surface area (Å²) in [6, 6.07) is 14.3. The van der Waals surface area contributed by atoms with Gasteiger partial charge in [0.2, 0.25) is 0 Å². The number of nitrogens with zero attached hydrogens (tertiary/aromatic N) is 2. The van der Waals surface area contributed by atoms with Crippen molar-refractivity contribution in [1.82, 2.24) is 15.2 Å². The number of rotatable bonds is 6. The minimum atomic E-state index is -0.311. The SMILES string of the molecule is COC(=O)CCN1C(=S)N[C@@H](c2ccccn2)[C@H]1c1ccc(-c2cccc(Cl)c2Cl)o1. The Hall–Kier alpha value is -2.61. The minimum absolute atomic E-state index is 0.192. The van der Waals surface area contributed by atoms with Crippen molar-refractivity contribution in [2.24, 2.45) is 0 Å². The number of carbonyl (C=O) groups excluding carboxylic acids is 1. The van der Waals surface area contributed by atoms with E-state index in [2.05, 4.69) is 10.3 Å². The lowest BCUT2D eigenvalue weighted by Gasteiger charge is -2.25. The van der Waals surface area contributed by atoms with Crippen LogP contribution >= 0.6 is 35.4 Å². The van der Waals surface area contributed by atoms with Crippen LogP contribution in [-0.2, 0) is 9.53 Å². The maximum Gasteiger partial charge on any atom is 0.307 e. The fourth-order valence-corrected chi connectivity index (χ4v) is 4.35. The van der Waals surface area contributed by atoms with Crippen molar-refractivity contribution in [2.75, 3.05) is 13.7 Å². The van der Waals surface area contributed by atoms with E-state index in [0.717, 1.165) is 5.69 Å². The van der Waals surface area contributed by atoms with Gasteiger partial charge in [0.1, 0.15) is 17.6 Å². The normalized spacial score (nSPS) is 18.2. The number of hydrogen-bond acceptors (Lipinski definition) is 5. The van der Waals surface area contributed by atoms with E-state index in [1.54, 1.807) is 12.3 Å². The number of halogens is 2.